The average Bonchev–Trinajstić information content (AvgIpc) is 3.41. The van der Waals surface area contributed by atoms with Gasteiger partial charge in [0, 0.05) is 30.3 Å². The number of rotatable bonds is 4. The van der Waals surface area contributed by atoms with Crippen LogP contribution in [0.2, 0.25) is 0 Å². The third kappa shape index (κ3) is 5.57. The van der Waals surface area contributed by atoms with Crippen molar-refractivity contribution < 1.29 is 27.1 Å². The number of halogens is 4. The molecule has 0 spiro atoms. The third-order valence-electron chi connectivity index (χ3n) is 8.03. The molecule has 1 N–H and O–H groups in total. The van der Waals surface area contributed by atoms with E-state index in [0.29, 0.717) is 47.9 Å². The summed E-state index contributed by atoms with van der Waals surface area (Å²) in [7, 11) is 0. The molecular formula is C32H30F4N4O2. The van der Waals surface area contributed by atoms with Gasteiger partial charge >= 0.3 is 6.18 Å². The van der Waals surface area contributed by atoms with E-state index in [-0.39, 0.29) is 23.9 Å². The van der Waals surface area contributed by atoms with Crippen LogP contribution in [0.5, 0.6) is 5.75 Å². The molecule has 2 unspecified atom stereocenters. The van der Waals surface area contributed by atoms with Crippen LogP contribution in [0.4, 0.5) is 29.2 Å². The molecule has 4 aromatic rings. The minimum absolute atomic E-state index is 0.154. The molecule has 10 heteroatoms. The molecule has 0 bridgehead atoms. The number of para-hydroxylation sites is 1. The highest BCUT2D eigenvalue weighted by atomic mass is 19.4. The zero-order chi connectivity index (χ0) is 29.4. The number of aromatic nitrogens is 2. The quantitative estimate of drug-likeness (QED) is 0.255. The molecule has 6 nitrogen and oxygen atoms in total. The number of carbonyl (C=O) groups excluding carboxylic acids is 1. The molecule has 3 aromatic carbocycles. The normalized spacial score (nSPS) is 20.3. The molecule has 1 aromatic heterocycles. The summed E-state index contributed by atoms with van der Waals surface area (Å²) in [6, 6.07) is 18.6. The Morgan fingerprint density at radius 1 is 1.00 bits per heavy atom. The lowest BCUT2D eigenvalue weighted by atomic mass is 9.86. The lowest BCUT2D eigenvalue weighted by Crippen LogP contribution is -2.47. The third-order valence-corrected chi connectivity index (χ3v) is 8.03. The van der Waals surface area contributed by atoms with Gasteiger partial charge in [-0.3, -0.25) is 9.69 Å². The van der Waals surface area contributed by atoms with Crippen molar-refractivity contribution in [3.8, 4) is 5.75 Å². The van der Waals surface area contributed by atoms with E-state index in [1.54, 1.807) is 17.0 Å². The summed E-state index contributed by atoms with van der Waals surface area (Å²) >= 11 is 0. The second kappa shape index (κ2) is 11.2. The van der Waals surface area contributed by atoms with Gasteiger partial charge in [0.1, 0.15) is 11.6 Å². The number of carbonyl (C=O) groups is 1. The minimum Gasteiger partial charge on any atom is -0.470 e. The topological polar surface area (TPSA) is 61.5 Å². The van der Waals surface area contributed by atoms with Crippen LogP contribution in [0.25, 0.3) is 11.0 Å². The van der Waals surface area contributed by atoms with Crippen LogP contribution in [-0.4, -0.2) is 35.2 Å². The van der Waals surface area contributed by atoms with Gasteiger partial charge in [0.2, 0.25) is 5.95 Å². The summed E-state index contributed by atoms with van der Waals surface area (Å²) in [4.78, 5) is 25.7. The maximum Gasteiger partial charge on any atom is 0.416 e. The predicted molar refractivity (Wildman–Crippen MR) is 153 cm³/mol. The van der Waals surface area contributed by atoms with Crippen LogP contribution in [-0.2, 0) is 11.0 Å². The summed E-state index contributed by atoms with van der Waals surface area (Å²) in [5.74, 6) is 0.257. The highest BCUT2D eigenvalue weighted by Gasteiger charge is 2.36. The van der Waals surface area contributed by atoms with E-state index in [1.165, 1.54) is 18.2 Å². The first-order valence-electron chi connectivity index (χ1n) is 14.0. The Bertz CT molecular complexity index is 1630. The number of alkyl halides is 3. The number of ether oxygens (including phenoxy) is 1. The molecule has 0 fully saturated rings. The molecule has 2 aliphatic rings. The van der Waals surface area contributed by atoms with E-state index in [2.05, 4.69) is 16.9 Å². The lowest BCUT2D eigenvalue weighted by Gasteiger charge is -2.36. The monoisotopic (exact) mass is 578 g/mol. The number of aromatic amines is 1. The first-order chi connectivity index (χ1) is 20.2. The van der Waals surface area contributed by atoms with Crippen molar-refractivity contribution in [1.82, 2.24) is 9.97 Å². The van der Waals surface area contributed by atoms with Gasteiger partial charge in [-0.25, -0.2) is 9.37 Å². The Kier molecular flexibility index (Phi) is 7.38. The molecule has 42 heavy (non-hydrogen) atoms. The second-order valence-electron chi connectivity index (χ2n) is 10.8. The minimum atomic E-state index is -4.46. The zero-order valence-electron chi connectivity index (χ0n) is 23.0. The number of hydrogen-bond donors (Lipinski definition) is 1. The van der Waals surface area contributed by atoms with E-state index < -0.39 is 23.8 Å². The highest BCUT2D eigenvalue weighted by molar-refractivity contribution is 6.07. The molecule has 1 amide bonds. The SMILES string of the molecule is CC1CCCC(Oc2cccc(F)c2)N(c2ccccc2)C(=O)C2=C1CCN(c1nc3ccc(C(F)(F)F)cc3[nH]1)C2. The number of imidazole rings is 1. The number of hydrogen-bond acceptors (Lipinski definition) is 4. The van der Waals surface area contributed by atoms with Gasteiger partial charge in [-0.1, -0.05) is 36.8 Å². The Hall–Kier alpha value is -4.34. The second-order valence-corrected chi connectivity index (χ2v) is 10.8. The van der Waals surface area contributed by atoms with Gasteiger partial charge < -0.3 is 14.6 Å². The largest absolute Gasteiger partial charge is 0.470 e. The standard InChI is InChI=1S/C32H30F4N4O2/c1-20-7-5-12-29(42-24-11-6-8-22(33)18-24)40(23-9-3-2-4-10-23)30(41)26-19-39(16-15-25(20)26)31-37-27-14-13-21(32(34,35)36)17-28(27)38-31/h2-4,6,8-11,13-14,17-18,20,29H,5,7,12,15-16,19H2,1H3,(H,37,38). The van der Waals surface area contributed by atoms with E-state index in [4.69, 9.17) is 4.74 Å². The number of nitrogens with one attached hydrogen (secondary N) is 1. The fourth-order valence-electron chi connectivity index (χ4n) is 5.89. The summed E-state index contributed by atoms with van der Waals surface area (Å²) in [5, 5.41) is 0. The number of H-pyrrole nitrogens is 1. The van der Waals surface area contributed by atoms with Gasteiger partial charge in [0.05, 0.1) is 23.1 Å². The summed E-state index contributed by atoms with van der Waals surface area (Å²) in [6.45, 7) is 2.93. The van der Waals surface area contributed by atoms with Crippen molar-refractivity contribution >= 4 is 28.6 Å². The molecule has 0 saturated carbocycles. The number of fused-ring (bicyclic) bond motifs is 1. The van der Waals surface area contributed by atoms with Crippen LogP contribution in [0, 0.1) is 11.7 Å². The fourth-order valence-corrected chi connectivity index (χ4v) is 5.89. The number of nitrogens with zero attached hydrogens (tertiary/aromatic N) is 3. The molecule has 218 valence electrons. The van der Waals surface area contributed by atoms with Gasteiger partial charge in [-0.2, -0.15) is 13.2 Å². The lowest BCUT2D eigenvalue weighted by molar-refractivity contribution is -0.137. The van der Waals surface area contributed by atoms with Crippen molar-refractivity contribution in [2.24, 2.45) is 5.92 Å². The molecule has 2 atom stereocenters. The van der Waals surface area contributed by atoms with E-state index in [1.807, 2.05) is 35.2 Å². The summed E-state index contributed by atoms with van der Waals surface area (Å²) in [5.41, 5.74) is 2.29. The van der Waals surface area contributed by atoms with Crippen molar-refractivity contribution in [2.75, 3.05) is 22.9 Å². The first kappa shape index (κ1) is 27.8. The number of benzene rings is 3. The van der Waals surface area contributed by atoms with Gasteiger partial charge in [0.25, 0.3) is 5.91 Å². The smallest absolute Gasteiger partial charge is 0.416 e. The van der Waals surface area contributed by atoms with Crippen LogP contribution in [0.1, 0.15) is 38.2 Å². The van der Waals surface area contributed by atoms with Crippen molar-refractivity contribution in [3.63, 3.8) is 0 Å². The molecule has 2 aliphatic heterocycles. The maximum atomic E-state index is 14.5. The molecular weight excluding hydrogens is 548 g/mol. The molecule has 0 saturated heterocycles. The summed E-state index contributed by atoms with van der Waals surface area (Å²) in [6.07, 6.45) is -2.33. The van der Waals surface area contributed by atoms with E-state index >= 15 is 0 Å². The maximum absolute atomic E-state index is 14.5. The molecule has 6 rings (SSSR count). The van der Waals surface area contributed by atoms with Crippen LogP contribution in [0.15, 0.2) is 83.9 Å². The first-order valence-corrected chi connectivity index (χ1v) is 14.0. The van der Waals surface area contributed by atoms with Crippen molar-refractivity contribution in [3.05, 3.63) is 95.3 Å². The Morgan fingerprint density at radius 2 is 1.81 bits per heavy atom. The van der Waals surface area contributed by atoms with Gasteiger partial charge in [-0.15, -0.1) is 0 Å². The van der Waals surface area contributed by atoms with E-state index in [0.717, 1.165) is 30.5 Å². The highest BCUT2D eigenvalue weighted by Crippen LogP contribution is 2.36. The summed E-state index contributed by atoms with van der Waals surface area (Å²) < 4.78 is 60.2. The number of anilines is 2. The predicted octanol–water partition coefficient (Wildman–Crippen LogP) is 7.49. The fraction of sp³-hybridized carbons (Fsp3) is 0.312. The van der Waals surface area contributed by atoms with Crippen LogP contribution >= 0.6 is 0 Å². The van der Waals surface area contributed by atoms with Crippen molar-refractivity contribution in [1.29, 1.82) is 0 Å². The van der Waals surface area contributed by atoms with Gasteiger partial charge in [0.15, 0.2) is 6.23 Å². The number of amides is 1. The van der Waals surface area contributed by atoms with Crippen molar-refractivity contribution in [2.45, 2.75) is 45.0 Å². The molecule has 3 heterocycles. The Labute approximate surface area is 240 Å². The zero-order valence-corrected chi connectivity index (χ0v) is 23.0. The Balaban J connectivity index is 1.37. The van der Waals surface area contributed by atoms with E-state index in [9.17, 15) is 22.4 Å². The Morgan fingerprint density at radius 3 is 2.57 bits per heavy atom. The molecule has 0 radical (unpaired) electrons. The van der Waals surface area contributed by atoms with Crippen LogP contribution < -0.4 is 14.5 Å². The van der Waals surface area contributed by atoms with Crippen LogP contribution in [0.3, 0.4) is 0 Å². The average molecular weight is 579 g/mol. The van der Waals surface area contributed by atoms with Gasteiger partial charge in [-0.05, 0) is 67.6 Å². The molecule has 0 aliphatic carbocycles.